The topological polar surface area (TPSA) is 63.7 Å². The van der Waals surface area contributed by atoms with E-state index in [9.17, 15) is 13.2 Å². The minimum absolute atomic E-state index is 0.101. The third-order valence-corrected chi connectivity index (χ3v) is 3.98. The van der Waals surface area contributed by atoms with Crippen LogP contribution < -0.4 is 4.74 Å². The van der Waals surface area contributed by atoms with Crippen molar-refractivity contribution >= 4 is 15.7 Å². The van der Waals surface area contributed by atoms with Crippen LogP contribution in [0.5, 0.6) is 5.75 Å². The van der Waals surface area contributed by atoms with E-state index in [0.717, 1.165) is 6.26 Å². The van der Waals surface area contributed by atoms with Crippen LogP contribution in [0.15, 0.2) is 29.2 Å². The fourth-order valence-corrected chi connectivity index (χ4v) is 2.34. The molecule has 0 fully saturated rings. The number of benzene rings is 1. The van der Waals surface area contributed by atoms with Crippen LogP contribution in [0.1, 0.15) is 19.8 Å². The van der Waals surface area contributed by atoms with Gasteiger partial charge in [0.2, 0.25) is 5.91 Å². The van der Waals surface area contributed by atoms with Crippen LogP contribution in [0.2, 0.25) is 0 Å². The predicted octanol–water partition coefficient (Wildman–Crippen LogP) is 1.73. The molecule has 6 heteroatoms. The standard InChI is InChI=1S/C14H21NO4S/c1-4-14(16)15(2)9-6-10-19-12-7-5-8-13(11-12)20(3,17)18/h5,7-8,11H,4,6,9-10H2,1-3H3. The number of carbonyl (C=O) groups excluding carboxylic acids is 1. The number of hydrogen-bond acceptors (Lipinski definition) is 4. The zero-order valence-electron chi connectivity index (χ0n) is 12.1. The molecule has 0 heterocycles. The third-order valence-electron chi connectivity index (χ3n) is 2.87. The fourth-order valence-electron chi connectivity index (χ4n) is 1.68. The summed E-state index contributed by atoms with van der Waals surface area (Å²) in [6, 6.07) is 6.42. The molecule has 0 bridgehead atoms. The molecular formula is C14H21NO4S. The van der Waals surface area contributed by atoms with E-state index in [-0.39, 0.29) is 10.8 Å². The first-order valence-corrected chi connectivity index (χ1v) is 8.40. The molecule has 0 aromatic heterocycles. The van der Waals surface area contributed by atoms with Gasteiger partial charge in [0.15, 0.2) is 9.84 Å². The molecule has 0 N–H and O–H groups in total. The summed E-state index contributed by atoms with van der Waals surface area (Å²) in [4.78, 5) is 13.3. The van der Waals surface area contributed by atoms with Crippen LogP contribution in [0.3, 0.4) is 0 Å². The van der Waals surface area contributed by atoms with Crippen molar-refractivity contribution in [3.63, 3.8) is 0 Å². The molecule has 1 aromatic carbocycles. The van der Waals surface area contributed by atoms with Crippen LogP contribution >= 0.6 is 0 Å². The van der Waals surface area contributed by atoms with Gasteiger partial charge in [0.25, 0.3) is 0 Å². The van der Waals surface area contributed by atoms with E-state index >= 15 is 0 Å². The number of nitrogens with zero attached hydrogens (tertiary/aromatic N) is 1. The van der Waals surface area contributed by atoms with E-state index in [1.54, 1.807) is 24.1 Å². The van der Waals surface area contributed by atoms with Gasteiger partial charge >= 0.3 is 0 Å². The first kappa shape index (κ1) is 16.5. The molecule has 1 amide bonds. The first-order valence-electron chi connectivity index (χ1n) is 6.51. The van der Waals surface area contributed by atoms with Gasteiger partial charge in [-0.25, -0.2) is 8.42 Å². The van der Waals surface area contributed by atoms with E-state index in [1.807, 2.05) is 6.92 Å². The van der Waals surface area contributed by atoms with Crippen molar-refractivity contribution in [3.8, 4) is 5.75 Å². The van der Waals surface area contributed by atoms with Gasteiger partial charge in [-0.05, 0) is 24.6 Å². The molecule has 1 aromatic rings. The molecule has 112 valence electrons. The lowest BCUT2D eigenvalue weighted by Crippen LogP contribution is -2.27. The monoisotopic (exact) mass is 299 g/mol. The maximum Gasteiger partial charge on any atom is 0.222 e. The zero-order chi connectivity index (χ0) is 15.2. The smallest absolute Gasteiger partial charge is 0.222 e. The Hall–Kier alpha value is -1.56. The lowest BCUT2D eigenvalue weighted by Gasteiger charge is -2.16. The lowest BCUT2D eigenvalue weighted by molar-refractivity contribution is -0.129. The summed E-state index contributed by atoms with van der Waals surface area (Å²) in [7, 11) is -1.46. The molecule has 0 aliphatic heterocycles. The van der Waals surface area contributed by atoms with Gasteiger partial charge in [-0.15, -0.1) is 0 Å². The number of sulfone groups is 1. The molecule has 0 unspecified atom stereocenters. The van der Waals surface area contributed by atoms with Crippen molar-refractivity contribution in [3.05, 3.63) is 24.3 Å². The second kappa shape index (κ2) is 7.28. The summed E-state index contributed by atoms with van der Waals surface area (Å²) in [5.41, 5.74) is 0. The quantitative estimate of drug-likeness (QED) is 0.719. The second-order valence-corrected chi connectivity index (χ2v) is 6.63. The summed E-state index contributed by atoms with van der Waals surface area (Å²) >= 11 is 0. The minimum atomic E-state index is -3.22. The average Bonchev–Trinajstić information content (AvgIpc) is 2.41. The van der Waals surface area contributed by atoms with Gasteiger partial charge in [-0.1, -0.05) is 13.0 Å². The minimum Gasteiger partial charge on any atom is -0.493 e. The van der Waals surface area contributed by atoms with Crippen molar-refractivity contribution in [1.82, 2.24) is 4.90 Å². The summed E-state index contributed by atoms with van der Waals surface area (Å²) in [5, 5.41) is 0. The SMILES string of the molecule is CCC(=O)N(C)CCCOc1cccc(S(C)(=O)=O)c1. The third kappa shape index (κ3) is 5.21. The number of amides is 1. The van der Waals surface area contributed by atoms with Crippen molar-refractivity contribution in [2.75, 3.05) is 26.5 Å². The van der Waals surface area contributed by atoms with Gasteiger partial charge in [0.05, 0.1) is 11.5 Å². The number of hydrogen-bond donors (Lipinski definition) is 0. The summed E-state index contributed by atoms with van der Waals surface area (Å²) in [6.07, 6.45) is 2.36. The van der Waals surface area contributed by atoms with Crippen molar-refractivity contribution in [1.29, 1.82) is 0 Å². The Labute approximate surface area is 120 Å². The van der Waals surface area contributed by atoms with Crippen LogP contribution in [0.4, 0.5) is 0 Å². The van der Waals surface area contributed by atoms with E-state index in [0.29, 0.717) is 31.7 Å². The highest BCUT2D eigenvalue weighted by molar-refractivity contribution is 7.90. The van der Waals surface area contributed by atoms with Gasteiger partial charge in [-0.2, -0.15) is 0 Å². The highest BCUT2D eigenvalue weighted by Gasteiger charge is 2.08. The molecule has 0 saturated heterocycles. The van der Waals surface area contributed by atoms with Gasteiger partial charge in [-0.3, -0.25) is 4.79 Å². The Bertz CT molecular complexity index is 554. The van der Waals surface area contributed by atoms with Gasteiger partial charge in [0.1, 0.15) is 5.75 Å². The second-order valence-electron chi connectivity index (χ2n) is 4.62. The molecule has 0 aliphatic carbocycles. The van der Waals surface area contributed by atoms with Crippen LogP contribution in [0, 0.1) is 0 Å². The first-order chi connectivity index (χ1) is 9.34. The zero-order valence-corrected chi connectivity index (χ0v) is 12.9. The molecule has 5 nitrogen and oxygen atoms in total. The normalized spacial score (nSPS) is 11.2. The summed E-state index contributed by atoms with van der Waals surface area (Å²) < 4.78 is 28.3. The Morgan fingerprint density at radius 1 is 1.35 bits per heavy atom. The van der Waals surface area contributed by atoms with Gasteiger partial charge < -0.3 is 9.64 Å². The predicted molar refractivity (Wildman–Crippen MR) is 77.6 cm³/mol. The molecule has 0 atom stereocenters. The van der Waals surface area contributed by atoms with Crippen molar-refractivity contribution < 1.29 is 17.9 Å². The van der Waals surface area contributed by atoms with Crippen molar-refractivity contribution in [2.24, 2.45) is 0 Å². The molecule has 0 aliphatic rings. The molecule has 0 radical (unpaired) electrons. The molecule has 0 spiro atoms. The Morgan fingerprint density at radius 3 is 2.65 bits per heavy atom. The summed E-state index contributed by atoms with van der Waals surface area (Å²) in [5.74, 6) is 0.626. The molecule has 20 heavy (non-hydrogen) atoms. The van der Waals surface area contributed by atoms with Crippen LogP contribution in [-0.2, 0) is 14.6 Å². The Morgan fingerprint density at radius 2 is 2.05 bits per heavy atom. The summed E-state index contributed by atoms with van der Waals surface area (Å²) in [6.45, 7) is 2.89. The number of ether oxygens (including phenoxy) is 1. The number of rotatable bonds is 7. The lowest BCUT2D eigenvalue weighted by atomic mass is 10.3. The van der Waals surface area contributed by atoms with E-state index in [1.165, 1.54) is 12.1 Å². The Balaban J connectivity index is 2.45. The largest absolute Gasteiger partial charge is 0.493 e. The molecule has 1 rings (SSSR count). The fraction of sp³-hybridized carbons (Fsp3) is 0.500. The van der Waals surface area contributed by atoms with E-state index in [4.69, 9.17) is 4.74 Å². The van der Waals surface area contributed by atoms with E-state index in [2.05, 4.69) is 0 Å². The molecular weight excluding hydrogens is 278 g/mol. The van der Waals surface area contributed by atoms with Crippen molar-refractivity contribution in [2.45, 2.75) is 24.7 Å². The van der Waals surface area contributed by atoms with E-state index < -0.39 is 9.84 Å². The highest BCUT2D eigenvalue weighted by Crippen LogP contribution is 2.17. The average molecular weight is 299 g/mol. The highest BCUT2D eigenvalue weighted by atomic mass is 32.2. The van der Waals surface area contributed by atoms with Crippen LogP contribution in [-0.4, -0.2) is 45.7 Å². The van der Waals surface area contributed by atoms with Crippen LogP contribution in [0.25, 0.3) is 0 Å². The van der Waals surface area contributed by atoms with Gasteiger partial charge in [0, 0.05) is 26.3 Å². The molecule has 0 saturated carbocycles. The maximum absolute atomic E-state index is 11.4. The Kier molecular flexibility index (Phi) is 6.01. The maximum atomic E-state index is 11.4. The number of carbonyl (C=O) groups is 1.